The van der Waals surface area contributed by atoms with Gasteiger partial charge in [0.15, 0.2) is 0 Å². The summed E-state index contributed by atoms with van der Waals surface area (Å²) in [6.45, 7) is 3.36. The van der Waals surface area contributed by atoms with Crippen molar-refractivity contribution in [1.82, 2.24) is 20.1 Å². The van der Waals surface area contributed by atoms with E-state index in [2.05, 4.69) is 70.9 Å². The first-order valence-corrected chi connectivity index (χ1v) is 8.93. The summed E-state index contributed by atoms with van der Waals surface area (Å²) in [5, 5.41) is 7.18. The number of rotatable bonds is 6. The van der Waals surface area contributed by atoms with Crippen LogP contribution in [0.1, 0.15) is 34.6 Å². The molecular weight excluding hydrogens is 324 g/mol. The fourth-order valence-electron chi connectivity index (χ4n) is 3.34. The number of nitrogens with one attached hydrogen (secondary N) is 1. The van der Waals surface area contributed by atoms with E-state index in [0.717, 1.165) is 17.5 Å². The molecule has 2 aromatic carbocycles. The summed E-state index contributed by atoms with van der Waals surface area (Å²) >= 11 is 0. The zero-order valence-corrected chi connectivity index (χ0v) is 14.8. The second kappa shape index (κ2) is 7.12. The fourth-order valence-corrected chi connectivity index (χ4v) is 3.34. The van der Waals surface area contributed by atoms with Gasteiger partial charge in [0, 0.05) is 12.5 Å². The molecule has 1 heterocycles. The average Bonchev–Trinajstić information content (AvgIpc) is 3.30. The van der Waals surface area contributed by atoms with Crippen LogP contribution in [0.4, 0.5) is 0 Å². The first-order chi connectivity index (χ1) is 12.7. The number of aryl methyl sites for hydroxylation is 1. The number of amides is 1. The fraction of sp³-hybridized carbons (Fsp3) is 0.286. The topological polar surface area (TPSA) is 59.8 Å². The standard InChI is InChI=1S/C21H22N4O/c1-15-3-2-4-18(9-15)19-10-20(19)21(26)23-11-16-5-7-17(8-6-16)12-25-14-22-13-24-25/h2-9,13-14,19-20H,10-12H2,1H3,(H,23,26)/t19-,20+/m1/s1. The smallest absolute Gasteiger partial charge is 0.224 e. The molecule has 1 aromatic heterocycles. The molecule has 1 N–H and O–H groups in total. The molecule has 0 radical (unpaired) electrons. The van der Waals surface area contributed by atoms with E-state index in [9.17, 15) is 4.79 Å². The minimum atomic E-state index is 0.114. The molecule has 0 saturated heterocycles. The number of hydrogen-bond acceptors (Lipinski definition) is 3. The quantitative estimate of drug-likeness (QED) is 0.746. The van der Waals surface area contributed by atoms with Crippen molar-refractivity contribution in [2.75, 3.05) is 0 Å². The van der Waals surface area contributed by atoms with Crippen molar-refractivity contribution in [2.24, 2.45) is 5.92 Å². The lowest BCUT2D eigenvalue weighted by atomic mass is 10.1. The van der Waals surface area contributed by atoms with Gasteiger partial charge in [0.05, 0.1) is 6.54 Å². The molecule has 1 aliphatic rings. The Morgan fingerprint density at radius 1 is 1.19 bits per heavy atom. The zero-order chi connectivity index (χ0) is 17.9. The molecule has 4 rings (SSSR count). The molecule has 1 aliphatic carbocycles. The molecule has 132 valence electrons. The van der Waals surface area contributed by atoms with Crippen LogP contribution in [0.5, 0.6) is 0 Å². The first-order valence-electron chi connectivity index (χ1n) is 8.93. The number of nitrogens with zero attached hydrogens (tertiary/aromatic N) is 3. The molecule has 1 fully saturated rings. The third-order valence-corrected chi connectivity index (χ3v) is 4.90. The number of benzene rings is 2. The second-order valence-electron chi connectivity index (χ2n) is 6.99. The molecule has 0 spiro atoms. The summed E-state index contributed by atoms with van der Waals surface area (Å²) in [4.78, 5) is 16.3. The van der Waals surface area contributed by atoms with Gasteiger partial charge in [-0.1, -0.05) is 54.1 Å². The Labute approximate surface area is 153 Å². The molecule has 2 atom stereocenters. The Morgan fingerprint density at radius 2 is 2.00 bits per heavy atom. The average molecular weight is 346 g/mol. The van der Waals surface area contributed by atoms with Crippen LogP contribution in [0.25, 0.3) is 0 Å². The number of carbonyl (C=O) groups is 1. The number of aromatic nitrogens is 3. The van der Waals surface area contributed by atoms with Crippen LogP contribution in [0.3, 0.4) is 0 Å². The van der Waals surface area contributed by atoms with Crippen LogP contribution in [-0.4, -0.2) is 20.7 Å². The Hall–Kier alpha value is -2.95. The molecule has 5 nitrogen and oxygen atoms in total. The highest BCUT2D eigenvalue weighted by molar-refractivity contribution is 5.82. The molecule has 26 heavy (non-hydrogen) atoms. The van der Waals surface area contributed by atoms with E-state index in [1.807, 2.05) is 0 Å². The summed E-state index contributed by atoms with van der Waals surface area (Å²) in [6, 6.07) is 16.7. The van der Waals surface area contributed by atoms with Crippen molar-refractivity contribution >= 4 is 5.91 Å². The van der Waals surface area contributed by atoms with Crippen molar-refractivity contribution in [1.29, 1.82) is 0 Å². The molecule has 1 amide bonds. The maximum Gasteiger partial charge on any atom is 0.224 e. The van der Waals surface area contributed by atoms with E-state index in [1.54, 1.807) is 11.0 Å². The maximum absolute atomic E-state index is 12.4. The summed E-state index contributed by atoms with van der Waals surface area (Å²) in [5.41, 5.74) is 4.79. The molecule has 1 saturated carbocycles. The number of carbonyl (C=O) groups excluding carboxylic acids is 1. The highest BCUT2D eigenvalue weighted by atomic mass is 16.2. The Kier molecular flexibility index (Phi) is 4.52. The van der Waals surface area contributed by atoms with Gasteiger partial charge in [0.25, 0.3) is 0 Å². The highest BCUT2D eigenvalue weighted by Crippen LogP contribution is 2.47. The Bertz CT molecular complexity index is 887. The van der Waals surface area contributed by atoms with Crippen LogP contribution in [0.15, 0.2) is 61.2 Å². The Morgan fingerprint density at radius 3 is 2.73 bits per heavy atom. The Balaban J connectivity index is 1.28. The first kappa shape index (κ1) is 16.5. The van der Waals surface area contributed by atoms with E-state index >= 15 is 0 Å². The van der Waals surface area contributed by atoms with Gasteiger partial charge in [0.2, 0.25) is 5.91 Å². The summed E-state index contributed by atoms with van der Waals surface area (Å²) in [6.07, 6.45) is 4.19. The van der Waals surface area contributed by atoms with Crippen molar-refractivity contribution in [3.63, 3.8) is 0 Å². The third-order valence-electron chi connectivity index (χ3n) is 4.90. The van der Waals surface area contributed by atoms with Gasteiger partial charge in [-0.05, 0) is 36.0 Å². The molecule has 0 unspecified atom stereocenters. The van der Waals surface area contributed by atoms with E-state index in [-0.39, 0.29) is 11.8 Å². The van der Waals surface area contributed by atoms with Gasteiger partial charge in [-0.3, -0.25) is 4.79 Å². The van der Waals surface area contributed by atoms with Crippen LogP contribution >= 0.6 is 0 Å². The summed E-state index contributed by atoms with van der Waals surface area (Å²) in [5.74, 6) is 0.645. The van der Waals surface area contributed by atoms with Crippen LogP contribution in [0, 0.1) is 12.8 Å². The molecule has 3 aromatic rings. The van der Waals surface area contributed by atoms with Gasteiger partial charge >= 0.3 is 0 Å². The summed E-state index contributed by atoms with van der Waals surface area (Å²) < 4.78 is 1.79. The maximum atomic E-state index is 12.4. The monoisotopic (exact) mass is 346 g/mol. The van der Waals surface area contributed by atoms with Gasteiger partial charge < -0.3 is 5.32 Å². The molecule has 5 heteroatoms. The minimum Gasteiger partial charge on any atom is -0.352 e. The van der Waals surface area contributed by atoms with Crippen LogP contribution in [0.2, 0.25) is 0 Å². The lowest BCUT2D eigenvalue weighted by Crippen LogP contribution is -2.24. The predicted octanol–water partition coefficient (Wildman–Crippen LogP) is 3.05. The van der Waals surface area contributed by atoms with E-state index in [0.29, 0.717) is 19.0 Å². The lowest BCUT2D eigenvalue weighted by molar-refractivity contribution is -0.122. The molecule has 0 bridgehead atoms. The second-order valence-corrected chi connectivity index (χ2v) is 6.99. The predicted molar refractivity (Wildman–Crippen MR) is 99.4 cm³/mol. The third kappa shape index (κ3) is 3.82. The minimum absolute atomic E-state index is 0.114. The van der Waals surface area contributed by atoms with Gasteiger partial charge in [-0.25, -0.2) is 9.67 Å². The van der Waals surface area contributed by atoms with Crippen LogP contribution in [-0.2, 0) is 17.9 Å². The van der Waals surface area contributed by atoms with Gasteiger partial charge in [-0.15, -0.1) is 0 Å². The van der Waals surface area contributed by atoms with Crippen molar-refractivity contribution in [3.8, 4) is 0 Å². The SMILES string of the molecule is Cc1cccc([C@H]2C[C@@H]2C(=O)NCc2ccc(Cn3cncn3)cc2)c1. The lowest BCUT2D eigenvalue weighted by Gasteiger charge is -2.07. The summed E-state index contributed by atoms with van der Waals surface area (Å²) in [7, 11) is 0. The molecular formula is C21H22N4O. The normalized spacial score (nSPS) is 18.5. The van der Waals surface area contributed by atoms with E-state index in [4.69, 9.17) is 0 Å². The van der Waals surface area contributed by atoms with E-state index in [1.165, 1.54) is 17.5 Å². The van der Waals surface area contributed by atoms with Crippen LogP contribution < -0.4 is 5.32 Å². The van der Waals surface area contributed by atoms with Gasteiger partial charge in [0.1, 0.15) is 12.7 Å². The highest BCUT2D eigenvalue weighted by Gasteiger charge is 2.43. The molecule has 0 aliphatic heterocycles. The van der Waals surface area contributed by atoms with E-state index < -0.39 is 0 Å². The largest absolute Gasteiger partial charge is 0.352 e. The van der Waals surface area contributed by atoms with Crippen molar-refractivity contribution in [3.05, 3.63) is 83.4 Å². The van der Waals surface area contributed by atoms with Gasteiger partial charge in [-0.2, -0.15) is 5.10 Å². The zero-order valence-electron chi connectivity index (χ0n) is 14.8. The number of hydrogen-bond donors (Lipinski definition) is 1. The van der Waals surface area contributed by atoms with Crippen molar-refractivity contribution in [2.45, 2.75) is 32.4 Å². The van der Waals surface area contributed by atoms with Crippen molar-refractivity contribution < 1.29 is 4.79 Å².